The van der Waals surface area contributed by atoms with E-state index < -0.39 is 0 Å². The normalized spacial score (nSPS) is 12.8. The van der Waals surface area contributed by atoms with Gasteiger partial charge in [0.25, 0.3) is 0 Å². The van der Waals surface area contributed by atoms with Crippen LogP contribution in [0.25, 0.3) is 121 Å². The first-order valence-electron chi connectivity index (χ1n) is 25.6. The standard InChI is InChI=1S/C71H47NO2/c1-71(2)65-20-10-7-15-55(65)56-40-39-52(41-66(56)71)72(50-35-31-46(32-36-50)44-23-27-48(28-24-44)61-42-63-57-16-8-11-21-67(57)73-69(63)59-18-5-3-13-53(59)61)51-37-33-47(34-38-51)45-25-29-49(30-26-45)62-43-64-58-17-9-12-22-68(58)74-70(64)60-19-6-4-14-54(60)62/h3-43H,1-2H3. The Morgan fingerprint density at radius 2 is 0.635 bits per heavy atom. The molecule has 0 spiro atoms. The second-order valence-electron chi connectivity index (χ2n) is 20.4. The van der Waals surface area contributed by atoms with Gasteiger partial charge in [0.15, 0.2) is 0 Å². The summed E-state index contributed by atoms with van der Waals surface area (Å²) >= 11 is 0. The van der Waals surface area contributed by atoms with Gasteiger partial charge in [-0.1, -0.05) is 202 Å². The van der Waals surface area contributed by atoms with E-state index in [-0.39, 0.29) is 5.41 Å². The number of para-hydroxylation sites is 2. The molecule has 1 aliphatic carbocycles. The van der Waals surface area contributed by atoms with E-state index in [1.807, 2.05) is 12.1 Å². The van der Waals surface area contributed by atoms with E-state index in [0.29, 0.717) is 0 Å². The van der Waals surface area contributed by atoms with Gasteiger partial charge in [-0.2, -0.15) is 0 Å². The van der Waals surface area contributed by atoms with Crippen molar-refractivity contribution in [3.05, 3.63) is 260 Å². The summed E-state index contributed by atoms with van der Waals surface area (Å²) in [7, 11) is 0. The van der Waals surface area contributed by atoms with E-state index >= 15 is 0 Å². The maximum atomic E-state index is 6.42. The Bertz CT molecular complexity index is 4300. The summed E-state index contributed by atoms with van der Waals surface area (Å²) in [6.45, 7) is 4.71. The lowest BCUT2D eigenvalue weighted by Gasteiger charge is -2.28. The number of rotatable bonds is 7. The molecular formula is C71H47NO2. The van der Waals surface area contributed by atoms with Crippen LogP contribution in [0.2, 0.25) is 0 Å². The van der Waals surface area contributed by atoms with Gasteiger partial charge in [-0.25, -0.2) is 0 Å². The maximum Gasteiger partial charge on any atom is 0.143 e. The van der Waals surface area contributed by atoms with Gasteiger partial charge in [0.2, 0.25) is 0 Å². The topological polar surface area (TPSA) is 29.5 Å². The highest BCUT2D eigenvalue weighted by atomic mass is 16.3. The van der Waals surface area contributed by atoms with Gasteiger partial charge in [-0.3, -0.25) is 0 Å². The summed E-state index contributed by atoms with van der Waals surface area (Å²) in [5.74, 6) is 0. The fraction of sp³-hybridized carbons (Fsp3) is 0.0423. The smallest absolute Gasteiger partial charge is 0.143 e. The number of fused-ring (bicyclic) bond motifs is 13. The predicted molar refractivity (Wildman–Crippen MR) is 310 cm³/mol. The fourth-order valence-corrected chi connectivity index (χ4v) is 12.1. The van der Waals surface area contributed by atoms with Gasteiger partial charge < -0.3 is 13.7 Å². The Labute approximate surface area is 428 Å². The third kappa shape index (κ3) is 6.53. The number of hydrogen-bond acceptors (Lipinski definition) is 3. The summed E-state index contributed by atoms with van der Waals surface area (Å²) in [5, 5.41) is 9.18. The molecule has 0 aliphatic heterocycles. The predicted octanol–water partition coefficient (Wildman–Crippen LogP) is 20.2. The molecule has 0 bridgehead atoms. The first kappa shape index (κ1) is 42.3. The van der Waals surface area contributed by atoms with Crippen LogP contribution in [0.4, 0.5) is 17.1 Å². The van der Waals surface area contributed by atoms with Gasteiger partial charge in [0, 0.05) is 54.8 Å². The van der Waals surface area contributed by atoms with E-state index in [4.69, 9.17) is 8.83 Å². The summed E-state index contributed by atoms with van der Waals surface area (Å²) in [5.41, 5.74) is 21.7. The largest absolute Gasteiger partial charge is 0.455 e. The van der Waals surface area contributed by atoms with Crippen molar-refractivity contribution in [3.63, 3.8) is 0 Å². The molecule has 348 valence electrons. The van der Waals surface area contributed by atoms with Gasteiger partial charge in [-0.15, -0.1) is 0 Å². The Morgan fingerprint density at radius 1 is 0.270 bits per heavy atom. The zero-order valence-corrected chi connectivity index (χ0v) is 40.9. The summed E-state index contributed by atoms with van der Waals surface area (Å²) in [6.07, 6.45) is 0. The van der Waals surface area contributed by atoms with E-state index in [1.54, 1.807) is 0 Å². The van der Waals surface area contributed by atoms with E-state index in [2.05, 4.69) is 255 Å². The highest BCUT2D eigenvalue weighted by Gasteiger charge is 2.36. The molecule has 74 heavy (non-hydrogen) atoms. The van der Waals surface area contributed by atoms with Crippen molar-refractivity contribution in [2.45, 2.75) is 19.3 Å². The molecule has 3 heteroatoms. The van der Waals surface area contributed by atoms with Crippen LogP contribution in [0.3, 0.4) is 0 Å². The van der Waals surface area contributed by atoms with Crippen LogP contribution < -0.4 is 4.90 Å². The molecule has 12 aromatic carbocycles. The zero-order chi connectivity index (χ0) is 49.1. The van der Waals surface area contributed by atoms with E-state index in [0.717, 1.165) is 82.8 Å². The van der Waals surface area contributed by atoms with Gasteiger partial charge in [-0.05, 0) is 138 Å². The average molecular weight is 946 g/mol. The molecule has 0 radical (unpaired) electrons. The molecule has 3 nitrogen and oxygen atoms in total. The van der Waals surface area contributed by atoms with E-state index in [9.17, 15) is 0 Å². The van der Waals surface area contributed by atoms with Gasteiger partial charge in [0.05, 0.1) is 0 Å². The lowest BCUT2D eigenvalue weighted by molar-refractivity contribution is 0.660. The average Bonchev–Trinajstić information content (AvgIpc) is 4.11. The molecule has 0 fully saturated rings. The van der Waals surface area contributed by atoms with E-state index in [1.165, 1.54) is 66.4 Å². The van der Waals surface area contributed by atoms with Crippen molar-refractivity contribution >= 4 is 82.5 Å². The number of benzene rings is 12. The molecular weight excluding hydrogens is 899 g/mol. The minimum atomic E-state index is -0.131. The lowest BCUT2D eigenvalue weighted by atomic mass is 9.82. The third-order valence-corrected chi connectivity index (χ3v) is 15.9. The van der Waals surface area contributed by atoms with Crippen LogP contribution in [-0.4, -0.2) is 0 Å². The Morgan fingerprint density at radius 3 is 1.12 bits per heavy atom. The summed E-state index contributed by atoms with van der Waals surface area (Å²) in [6, 6.07) is 90.5. The first-order chi connectivity index (χ1) is 36.4. The van der Waals surface area contributed by atoms with Crippen LogP contribution in [0.1, 0.15) is 25.0 Å². The van der Waals surface area contributed by atoms with Gasteiger partial charge >= 0.3 is 0 Å². The van der Waals surface area contributed by atoms with Crippen LogP contribution >= 0.6 is 0 Å². The minimum Gasteiger partial charge on any atom is -0.455 e. The SMILES string of the molecule is CC1(C)c2ccccc2-c2ccc(N(c3ccc(-c4ccc(-c5cc6c7ccccc7oc6c6ccccc56)cc4)cc3)c3ccc(-c4ccc(-c5cc6c7ccccc7oc6c6ccccc56)cc4)cc3)cc21. The molecule has 14 aromatic rings. The van der Waals surface area contributed by atoms with Crippen molar-refractivity contribution in [3.8, 4) is 55.6 Å². The second kappa shape index (κ2) is 16.3. The molecule has 0 saturated carbocycles. The molecule has 0 atom stereocenters. The number of anilines is 3. The third-order valence-electron chi connectivity index (χ3n) is 15.9. The monoisotopic (exact) mass is 945 g/mol. The summed E-state index contributed by atoms with van der Waals surface area (Å²) in [4.78, 5) is 2.40. The highest BCUT2D eigenvalue weighted by Crippen LogP contribution is 2.51. The van der Waals surface area contributed by atoms with Crippen LogP contribution in [0, 0.1) is 0 Å². The molecule has 2 aromatic heterocycles. The molecule has 0 saturated heterocycles. The second-order valence-corrected chi connectivity index (χ2v) is 20.4. The van der Waals surface area contributed by atoms with Crippen molar-refractivity contribution < 1.29 is 8.83 Å². The van der Waals surface area contributed by atoms with Crippen LogP contribution in [0.5, 0.6) is 0 Å². The molecule has 1 aliphatic rings. The molecule has 0 amide bonds. The molecule has 0 unspecified atom stereocenters. The Balaban J connectivity index is 0.774. The van der Waals surface area contributed by atoms with Gasteiger partial charge in [0.1, 0.15) is 22.3 Å². The number of furan rings is 2. The van der Waals surface area contributed by atoms with Crippen molar-refractivity contribution in [1.82, 2.24) is 0 Å². The number of hydrogen-bond donors (Lipinski definition) is 0. The van der Waals surface area contributed by atoms with Crippen molar-refractivity contribution in [1.29, 1.82) is 0 Å². The van der Waals surface area contributed by atoms with Crippen LogP contribution in [-0.2, 0) is 5.41 Å². The minimum absolute atomic E-state index is 0.131. The highest BCUT2D eigenvalue weighted by molar-refractivity contribution is 6.20. The van der Waals surface area contributed by atoms with Crippen LogP contribution in [0.15, 0.2) is 258 Å². The quantitative estimate of drug-likeness (QED) is 0.159. The van der Waals surface area contributed by atoms with Crippen molar-refractivity contribution in [2.75, 3.05) is 4.90 Å². The Hall–Kier alpha value is -9.44. The Kier molecular flexibility index (Phi) is 9.31. The molecule has 2 heterocycles. The lowest BCUT2D eigenvalue weighted by Crippen LogP contribution is -2.16. The summed E-state index contributed by atoms with van der Waals surface area (Å²) < 4.78 is 12.8. The number of nitrogens with zero attached hydrogens (tertiary/aromatic N) is 1. The fourth-order valence-electron chi connectivity index (χ4n) is 12.1. The first-order valence-corrected chi connectivity index (χ1v) is 25.6. The van der Waals surface area contributed by atoms with Crippen molar-refractivity contribution in [2.24, 2.45) is 0 Å². The molecule has 15 rings (SSSR count). The zero-order valence-electron chi connectivity index (χ0n) is 40.9. The maximum absolute atomic E-state index is 6.42. The molecule has 0 N–H and O–H groups in total.